The van der Waals surface area contributed by atoms with Crippen molar-refractivity contribution in [2.45, 2.75) is 25.3 Å². The van der Waals surface area contributed by atoms with Gasteiger partial charge in [-0.2, -0.15) is 0 Å². The molecule has 0 spiro atoms. The molecule has 2 aliphatic heterocycles. The van der Waals surface area contributed by atoms with E-state index in [0.29, 0.717) is 11.6 Å². The fourth-order valence-electron chi connectivity index (χ4n) is 3.16. The summed E-state index contributed by atoms with van der Waals surface area (Å²) in [6.45, 7) is 3.79. The minimum atomic E-state index is 0.0427. The highest BCUT2D eigenvalue weighted by Gasteiger charge is 2.31. The van der Waals surface area contributed by atoms with Crippen LogP contribution in [-0.2, 0) is 0 Å². The molecule has 1 atom stereocenters. The predicted molar refractivity (Wildman–Crippen MR) is 73.2 cm³/mol. The standard InChI is InChI=1S/C15H20N2O2/c18-14-6-3-4-12(10-14)15(19)17-9-8-16-7-2-1-5-13(16)11-17/h3-4,6,10,13,18H,1-2,5,7-9,11H2. The van der Waals surface area contributed by atoms with Gasteiger partial charge in [0.15, 0.2) is 0 Å². The number of amides is 1. The summed E-state index contributed by atoms with van der Waals surface area (Å²) < 4.78 is 0. The number of carbonyl (C=O) groups is 1. The van der Waals surface area contributed by atoms with Gasteiger partial charge in [-0.25, -0.2) is 0 Å². The van der Waals surface area contributed by atoms with Crippen LogP contribution in [0.15, 0.2) is 24.3 Å². The van der Waals surface area contributed by atoms with Crippen LogP contribution in [-0.4, -0.2) is 53.0 Å². The highest BCUT2D eigenvalue weighted by atomic mass is 16.3. The molecule has 1 amide bonds. The second-order valence-corrected chi connectivity index (χ2v) is 5.49. The molecule has 102 valence electrons. The van der Waals surface area contributed by atoms with E-state index in [2.05, 4.69) is 4.90 Å². The summed E-state index contributed by atoms with van der Waals surface area (Å²) in [7, 11) is 0. The molecule has 0 aliphatic carbocycles. The van der Waals surface area contributed by atoms with E-state index in [1.54, 1.807) is 24.3 Å². The van der Waals surface area contributed by atoms with Crippen molar-refractivity contribution < 1.29 is 9.90 Å². The number of fused-ring (bicyclic) bond motifs is 1. The van der Waals surface area contributed by atoms with Crippen molar-refractivity contribution >= 4 is 5.91 Å². The Labute approximate surface area is 113 Å². The van der Waals surface area contributed by atoms with E-state index >= 15 is 0 Å². The number of nitrogens with zero attached hydrogens (tertiary/aromatic N) is 2. The molecule has 1 unspecified atom stereocenters. The summed E-state index contributed by atoms with van der Waals surface area (Å²) >= 11 is 0. The maximum Gasteiger partial charge on any atom is 0.254 e. The predicted octanol–water partition coefficient (Wildman–Crippen LogP) is 1.70. The Bertz CT molecular complexity index is 475. The molecule has 1 aromatic carbocycles. The lowest BCUT2D eigenvalue weighted by Crippen LogP contribution is -2.56. The van der Waals surface area contributed by atoms with Gasteiger partial charge >= 0.3 is 0 Å². The number of aromatic hydroxyl groups is 1. The number of piperidine rings is 1. The SMILES string of the molecule is O=C(c1cccc(O)c1)N1CCN2CCCCC2C1. The van der Waals surface area contributed by atoms with Crippen molar-refractivity contribution in [2.75, 3.05) is 26.2 Å². The monoisotopic (exact) mass is 260 g/mol. The van der Waals surface area contributed by atoms with Crippen LogP contribution < -0.4 is 0 Å². The van der Waals surface area contributed by atoms with Gasteiger partial charge in [0.25, 0.3) is 5.91 Å². The molecular weight excluding hydrogens is 240 g/mol. The lowest BCUT2D eigenvalue weighted by molar-refractivity contribution is 0.0372. The zero-order valence-electron chi connectivity index (χ0n) is 11.1. The molecular formula is C15H20N2O2. The molecule has 0 saturated carbocycles. The Balaban J connectivity index is 1.71. The highest BCUT2D eigenvalue weighted by Crippen LogP contribution is 2.22. The lowest BCUT2D eigenvalue weighted by atomic mass is 9.99. The van der Waals surface area contributed by atoms with Gasteiger partial charge in [-0.05, 0) is 37.6 Å². The number of rotatable bonds is 1. The number of phenolic OH excluding ortho intramolecular Hbond substituents is 1. The van der Waals surface area contributed by atoms with Crippen LogP contribution in [0.1, 0.15) is 29.6 Å². The third-order valence-electron chi connectivity index (χ3n) is 4.22. The fraction of sp³-hybridized carbons (Fsp3) is 0.533. The molecule has 0 radical (unpaired) electrons. The maximum atomic E-state index is 12.4. The first-order valence-corrected chi connectivity index (χ1v) is 7.06. The van der Waals surface area contributed by atoms with Crippen LogP contribution in [0.25, 0.3) is 0 Å². The Morgan fingerprint density at radius 2 is 2.11 bits per heavy atom. The van der Waals surface area contributed by atoms with E-state index < -0.39 is 0 Å². The van der Waals surface area contributed by atoms with Gasteiger partial charge in [0.05, 0.1) is 0 Å². The summed E-state index contributed by atoms with van der Waals surface area (Å²) in [5.41, 5.74) is 0.587. The van der Waals surface area contributed by atoms with E-state index in [-0.39, 0.29) is 11.7 Å². The van der Waals surface area contributed by atoms with Crippen LogP contribution in [0.2, 0.25) is 0 Å². The number of carbonyl (C=O) groups excluding carboxylic acids is 1. The molecule has 3 rings (SSSR count). The second kappa shape index (κ2) is 5.21. The van der Waals surface area contributed by atoms with Crippen molar-refractivity contribution in [3.05, 3.63) is 29.8 Å². The van der Waals surface area contributed by atoms with E-state index in [4.69, 9.17) is 0 Å². The van der Waals surface area contributed by atoms with E-state index in [0.717, 1.165) is 19.6 Å². The zero-order valence-corrected chi connectivity index (χ0v) is 11.1. The number of phenols is 1. The molecule has 2 fully saturated rings. The molecule has 0 aromatic heterocycles. The topological polar surface area (TPSA) is 43.8 Å². The van der Waals surface area contributed by atoms with Crippen LogP contribution in [0.3, 0.4) is 0 Å². The Hall–Kier alpha value is -1.55. The normalized spacial score (nSPS) is 24.0. The average molecular weight is 260 g/mol. The van der Waals surface area contributed by atoms with Crippen LogP contribution in [0.5, 0.6) is 5.75 Å². The summed E-state index contributed by atoms with van der Waals surface area (Å²) in [5.74, 6) is 0.197. The minimum absolute atomic E-state index is 0.0427. The van der Waals surface area contributed by atoms with Gasteiger partial charge < -0.3 is 10.0 Å². The van der Waals surface area contributed by atoms with Crippen molar-refractivity contribution in [2.24, 2.45) is 0 Å². The Morgan fingerprint density at radius 3 is 2.95 bits per heavy atom. The summed E-state index contributed by atoms with van der Waals surface area (Å²) in [5, 5.41) is 9.47. The largest absolute Gasteiger partial charge is 0.508 e. The third kappa shape index (κ3) is 2.59. The molecule has 4 nitrogen and oxygen atoms in total. The second-order valence-electron chi connectivity index (χ2n) is 5.49. The van der Waals surface area contributed by atoms with Crippen molar-refractivity contribution in [1.29, 1.82) is 0 Å². The van der Waals surface area contributed by atoms with Crippen LogP contribution >= 0.6 is 0 Å². The molecule has 2 aliphatic rings. The summed E-state index contributed by atoms with van der Waals surface area (Å²) in [6, 6.07) is 7.17. The Kier molecular flexibility index (Phi) is 3.42. The summed E-state index contributed by atoms with van der Waals surface area (Å²) in [6.07, 6.45) is 3.76. The first-order valence-electron chi connectivity index (χ1n) is 7.06. The van der Waals surface area contributed by atoms with Crippen molar-refractivity contribution in [3.63, 3.8) is 0 Å². The maximum absolute atomic E-state index is 12.4. The van der Waals surface area contributed by atoms with Gasteiger partial charge in [0, 0.05) is 31.2 Å². The Morgan fingerprint density at radius 1 is 1.21 bits per heavy atom. The smallest absolute Gasteiger partial charge is 0.254 e. The number of benzene rings is 1. The first-order chi connectivity index (χ1) is 9.24. The number of piperazine rings is 1. The zero-order chi connectivity index (χ0) is 13.2. The van der Waals surface area contributed by atoms with Gasteiger partial charge in [-0.15, -0.1) is 0 Å². The third-order valence-corrected chi connectivity index (χ3v) is 4.22. The summed E-state index contributed by atoms with van der Waals surface area (Å²) in [4.78, 5) is 16.9. The van der Waals surface area contributed by atoms with E-state index in [1.165, 1.54) is 25.8 Å². The quantitative estimate of drug-likeness (QED) is 0.836. The lowest BCUT2D eigenvalue weighted by Gasteiger charge is -2.44. The van der Waals surface area contributed by atoms with Crippen LogP contribution in [0, 0.1) is 0 Å². The molecule has 4 heteroatoms. The first kappa shape index (κ1) is 12.5. The van der Waals surface area contributed by atoms with Gasteiger partial charge in [-0.3, -0.25) is 9.69 Å². The molecule has 19 heavy (non-hydrogen) atoms. The average Bonchev–Trinajstić information content (AvgIpc) is 2.46. The fourth-order valence-corrected chi connectivity index (χ4v) is 3.16. The molecule has 1 aromatic rings. The van der Waals surface area contributed by atoms with E-state index in [1.807, 2.05) is 4.90 Å². The van der Waals surface area contributed by atoms with Gasteiger partial charge in [-0.1, -0.05) is 12.5 Å². The van der Waals surface area contributed by atoms with Crippen LogP contribution in [0.4, 0.5) is 0 Å². The number of hydrogen-bond donors (Lipinski definition) is 1. The van der Waals surface area contributed by atoms with Gasteiger partial charge in [0.1, 0.15) is 5.75 Å². The molecule has 0 bridgehead atoms. The molecule has 2 heterocycles. The van der Waals surface area contributed by atoms with E-state index in [9.17, 15) is 9.90 Å². The van der Waals surface area contributed by atoms with Gasteiger partial charge in [0.2, 0.25) is 0 Å². The highest BCUT2D eigenvalue weighted by molar-refractivity contribution is 5.94. The molecule has 2 saturated heterocycles. The minimum Gasteiger partial charge on any atom is -0.508 e. The van der Waals surface area contributed by atoms with Crippen molar-refractivity contribution in [1.82, 2.24) is 9.80 Å². The van der Waals surface area contributed by atoms with Crippen molar-refractivity contribution in [3.8, 4) is 5.75 Å². The molecule has 1 N–H and O–H groups in total. The number of hydrogen-bond acceptors (Lipinski definition) is 3.